The highest BCUT2D eigenvalue weighted by molar-refractivity contribution is 5.69. The van der Waals surface area contributed by atoms with E-state index in [0.717, 1.165) is 0 Å². The SMILES string of the molecule is CC(C)(C)OC(CC(=O)OCCCCO[N+](=O)[O-])C[N+](C)(C)C. The van der Waals surface area contributed by atoms with Gasteiger partial charge in [0.25, 0.3) is 5.09 Å². The van der Waals surface area contributed by atoms with Crippen molar-refractivity contribution in [2.45, 2.75) is 51.7 Å². The molecule has 0 aromatic heterocycles. The Morgan fingerprint density at radius 2 is 1.74 bits per heavy atom. The molecule has 8 heteroatoms. The summed E-state index contributed by atoms with van der Waals surface area (Å²) in [6.45, 7) is 6.81. The smallest absolute Gasteiger partial charge is 0.308 e. The first-order chi connectivity index (χ1) is 10.4. The third-order valence-electron chi connectivity index (χ3n) is 2.66. The highest BCUT2D eigenvalue weighted by Crippen LogP contribution is 2.16. The monoisotopic (exact) mass is 335 g/mol. The molecule has 0 heterocycles. The molecule has 0 rings (SSSR count). The van der Waals surface area contributed by atoms with Crippen LogP contribution in [-0.4, -0.2) is 68.1 Å². The lowest BCUT2D eigenvalue weighted by Gasteiger charge is -2.32. The molecular formula is C15H31N2O6+. The Balaban J connectivity index is 4.15. The van der Waals surface area contributed by atoms with Gasteiger partial charge in [-0.2, -0.15) is 0 Å². The zero-order valence-electron chi connectivity index (χ0n) is 15.2. The second kappa shape index (κ2) is 9.67. The molecule has 1 unspecified atom stereocenters. The maximum absolute atomic E-state index is 11.9. The molecule has 0 fully saturated rings. The molecule has 0 saturated carbocycles. The van der Waals surface area contributed by atoms with Gasteiger partial charge < -0.3 is 18.8 Å². The number of likely N-dealkylation sites (N-methyl/N-ethyl adjacent to an activating group) is 1. The minimum absolute atomic E-state index is 0.0157. The minimum Gasteiger partial charge on any atom is -0.466 e. The van der Waals surface area contributed by atoms with Crippen LogP contribution in [-0.2, 0) is 19.1 Å². The lowest BCUT2D eigenvalue weighted by Crippen LogP contribution is -2.45. The zero-order chi connectivity index (χ0) is 18.1. The van der Waals surface area contributed by atoms with E-state index in [2.05, 4.69) is 4.84 Å². The average Bonchev–Trinajstić information content (AvgIpc) is 2.28. The van der Waals surface area contributed by atoms with Crippen LogP contribution in [0.1, 0.15) is 40.0 Å². The van der Waals surface area contributed by atoms with Crippen molar-refractivity contribution in [3.8, 4) is 0 Å². The van der Waals surface area contributed by atoms with Gasteiger partial charge in [0.2, 0.25) is 0 Å². The molecule has 0 aliphatic rings. The van der Waals surface area contributed by atoms with Gasteiger partial charge >= 0.3 is 5.97 Å². The minimum atomic E-state index is -0.828. The maximum Gasteiger partial charge on any atom is 0.308 e. The second-order valence-corrected chi connectivity index (χ2v) is 7.51. The fourth-order valence-electron chi connectivity index (χ4n) is 2.03. The van der Waals surface area contributed by atoms with Crippen molar-refractivity contribution in [1.29, 1.82) is 0 Å². The predicted octanol–water partition coefficient (Wildman–Crippen LogP) is 1.80. The van der Waals surface area contributed by atoms with E-state index >= 15 is 0 Å². The fraction of sp³-hybridized carbons (Fsp3) is 0.933. The molecule has 136 valence electrons. The van der Waals surface area contributed by atoms with Crippen LogP contribution in [0.25, 0.3) is 0 Å². The Morgan fingerprint density at radius 1 is 1.17 bits per heavy atom. The van der Waals surface area contributed by atoms with Crippen molar-refractivity contribution in [1.82, 2.24) is 0 Å². The molecule has 8 nitrogen and oxygen atoms in total. The summed E-state index contributed by atoms with van der Waals surface area (Å²) in [5.74, 6) is -0.317. The predicted molar refractivity (Wildman–Crippen MR) is 85.3 cm³/mol. The third kappa shape index (κ3) is 15.3. The number of unbranched alkanes of at least 4 members (excludes halogenated alkanes) is 1. The summed E-state index contributed by atoms with van der Waals surface area (Å²) in [5, 5.41) is 9.14. The number of rotatable bonds is 11. The number of carbonyl (C=O) groups is 1. The van der Waals surface area contributed by atoms with Crippen molar-refractivity contribution in [3.05, 3.63) is 10.1 Å². The number of nitrogens with zero attached hydrogens (tertiary/aromatic N) is 2. The standard InChI is InChI=1S/C15H31N2O6/c1-15(2,3)23-13(12-17(4,5)6)11-14(18)21-9-7-8-10-22-16(19)20/h13H,7-12H2,1-6H3/q+1. The zero-order valence-corrected chi connectivity index (χ0v) is 15.2. The van der Waals surface area contributed by atoms with Crippen LogP contribution in [0.2, 0.25) is 0 Å². The van der Waals surface area contributed by atoms with Gasteiger partial charge in [-0.1, -0.05) is 0 Å². The molecule has 0 bridgehead atoms. The first kappa shape index (κ1) is 21.6. The van der Waals surface area contributed by atoms with E-state index in [4.69, 9.17) is 9.47 Å². The van der Waals surface area contributed by atoms with Gasteiger partial charge in [0.1, 0.15) is 12.6 Å². The van der Waals surface area contributed by atoms with E-state index in [-0.39, 0.29) is 37.3 Å². The van der Waals surface area contributed by atoms with Gasteiger partial charge in [-0.05, 0) is 33.6 Å². The van der Waals surface area contributed by atoms with Crippen LogP contribution in [0.3, 0.4) is 0 Å². The number of carbonyl (C=O) groups excluding carboxylic acids is 1. The molecule has 0 aliphatic heterocycles. The van der Waals surface area contributed by atoms with Crippen LogP contribution in [0.5, 0.6) is 0 Å². The molecule has 0 N–H and O–H groups in total. The summed E-state index contributed by atoms with van der Waals surface area (Å²) < 4.78 is 11.8. The first-order valence-corrected chi connectivity index (χ1v) is 7.80. The summed E-state index contributed by atoms with van der Waals surface area (Å²) in [6.07, 6.45) is 0.966. The number of hydrogen-bond acceptors (Lipinski definition) is 6. The average molecular weight is 335 g/mol. The second-order valence-electron chi connectivity index (χ2n) is 7.51. The number of hydrogen-bond donors (Lipinski definition) is 0. The Labute approximate surface area is 138 Å². The number of ether oxygens (including phenoxy) is 2. The Morgan fingerprint density at radius 3 is 2.22 bits per heavy atom. The topological polar surface area (TPSA) is 87.9 Å². The van der Waals surface area contributed by atoms with Crippen molar-refractivity contribution in [3.63, 3.8) is 0 Å². The van der Waals surface area contributed by atoms with E-state index < -0.39 is 5.09 Å². The van der Waals surface area contributed by atoms with E-state index in [1.807, 2.05) is 41.9 Å². The van der Waals surface area contributed by atoms with Gasteiger partial charge in [-0.25, -0.2) is 0 Å². The number of quaternary nitrogens is 1. The molecule has 0 aliphatic carbocycles. The van der Waals surface area contributed by atoms with E-state index in [1.54, 1.807) is 0 Å². The summed E-state index contributed by atoms with van der Waals surface area (Å²) in [5.41, 5.74) is -0.333. The number of esters is 1. The van der Waals surface area contributed by atoms with E-state index in [9.17, 15) is 14.9 Å². The molecule has 0 amide bonds. The highest BCUT2D eigenvalue weighted by atomic mass is 16.9. The van der Waals surface area contributed by atoms with Crippen molar-refractivity contribution < 1.29 is 28.7 Å². The Kier molecular flexibility index (Phi) is 9.07. The highest BCUT2D eigenvalue weighted by Gasteiger charge is 2.27. The Hall–Kier alpha value is -1.41. The summed E-state index contributed by atoms with van der Waals surface area (Å²) in [6, 6.07) is 0. The van der Waals surface area contributed by atoms with E-state index in [0.29, 0.717) is 23.9 Å². The quantitative estimate of drug-likeness (QED) is 0.188. The normalized spacial score (nSPS) is 13.5. The lowest BCUT2D eigenvalue weighted by atomic mass is 10.1. The molecule has 0 aromatic rings. The van der Waals surface area contributed by atoms with Crippen molar-refractivity contribution in [2.75, 3.05) is 40.9 Å². The van der Waals surface area contributed by atoms with Crippen LogP contribution in [0.4, 0.5) is 0 Å². The largest absolute Gasteiger partial charge is 0.466 e. The van der Waals surface area contributed by atoms with Gasteiger partial charge in [0.05, 0.1) is 46.4 Å². The van der Waals surface area contributed by atoms with E-state index in [1.165, 1.54) is 0 Å². The maximum atomic E-state index is 11.9. The summed E-state index contributed by atoms with van der Waals surface area (Å²) >= 11 is 0. The third-order valence-corrected chi connectivity index (χ3v) is 2.66. The lowest BCUT2D eigenvalue weighted by molar-refractivity contribution is -0.873. The van der Waals surface area contributed by atoms with Gasteiger partial charge in [0.15, 0.2) is 0 Å². The molecular weight excluding hydrogens is 304 g/mol. The van der Waals surface area contributed by atoms with Gasteiger partial charge in [-0.3, -0.25) is 4.79 Å². The Bertz CT molecular complexity index is 357. The van der Waals surface area contributed by atoms with Crippen molar-refractivity contribution >= 4 is 5.97 Å². The molecule has 0 radical (unpaired) electrons. The van der Waals surface area contributed by atoms with Crippen LogP contribution in [0, 0.1) is 10.1 Å². The summed E-state index contributed by atoms with van der Waals surface area (Å²) in [4.78, 5) is 26.1. The summed E-state index contributed by atoms with van der Waals surface area (Å²) in [7, 11) is 6.12. The molecule has 0 spiro atoms. The van der Waals surface area contributed by atoms with Gasteiger partial charge in [-0.15, -0.1) is 10.1 Å². The van der Waals surface area contributed by atoms with Crippen molar-refractivity contribution in [2.24, 2.45) is 0 Å². The van der Waals surface area contributed by atoms with Crippen LogP contribution < -0.4 is 0 Å². The van der Waals surface area contributed by atoms with Gasteiger partial charge in [0, 0.05) is 0 Å². The van der Waals surface area contributed by atoms with Crippen LogP contribution >= 0.6 is 0 Å². The van der Waals surface area contributed by atoms with Crippen LogP contribution in [0.15, 0.2) is 0 Å². The first-order valence-electron chi connectivity index (χ1n) is 7.80. The molecule has 0 aromatic carbocycles. The molecule has 23 heavy (non-hydrogen) atoms. The molecule has 0 saturated heterocycles. The fourth-order valence-corrected chi connectivity index (χ4v) is 2.03. The molecule has 1 atom stereocenters.